The summed E-state index contributed by atoms with van der Waals surface area (Å²) in [7, 11) is 3.33. The van der Waals surface area contributed by atoms with Crippen LogP contribution >= 0.6 is 0 Å². The third-order valence-electron chi connectivity index (χ3n) is 6.58. The predicted molar refractivity (Wildman–Crippen MR) is 133 cm³/mol. The fourth-order valence-corrected chi connectivity index (χ4v) is 4.58. The van der Waals surface area contributed by atoms with E-state index in [9.17, 15) is 18.0 Å². The van der Waals surface area contributed by atoms with E-state index in [1.165, 1.54) is 35.6 Å². The molecule has 0 radical (unpaired) electrons. The Hall–Kier alpha value is -3.99. The molecule has 0 aliphatic carbocycles. The minimum Gasteiger partial charge on any atom is -0.383 e. The maximum absolute atomic E-state index is 13.2. The largest absolute Gasteiger partial charge is 0.416 e. The number of amides is 1. The van der Waals surface area contributed by atoms with Crippen LogP contribution in [0.5, 0.6) is 0 Å². The van der Waals surface area contributed by atoms with Gasteiger partial charge in [0.1, 0.15) is 11.5 Å². The number of benzene rings is 1. The van der Waals surface area contributed by atoms with Crippen LogP contribution in [0.1, 0.15) is 28.9 Å². The molecule has 11 heteroatoms. The number of nitrogens with zero attached hydrogens (tertiary/aromatic N) is 6. The molecule has 0 spiro atoms. The number of halogens is 3. The van der Waals surface area contributed by atoms with E-state index in [0.29, 0.717) is 29.2 Å². The van der Waals surface area contributed by atoms with Gasteiger partial charge in [0.05, 0.1) is 48.2 Å². The van der Waals surface area contributed by atoms with Gasteiger partial charge in [-0.2, -0.15) is 13.2 Å². The van der Waals surface area contributed by atoms with Crippen molar-refractivity contribution in [1.29, 1.82) is 0 Å². The molecule has 5 rings (SSSR count). The van der Waals surface area contributed by atoms with E-state index in [-0.39, 0.29) is 17.6 Å². The standard InChI is InChI=1S/C26H25F3N6O2/c1-33(19-9-10-23(31-12-19)34-11-3-4-20(34)16-37-2)25(36)21-15-35-22(13-32-24(35)14-30-21)17-5-7-18(8-6-17)26(27,28)29/h5-10,12-15,20H,3-4,11,16H2,1-2H3/t20-/m0/s1. The highest BCUT2D eigenvalue weighted by Crippen LogP contribution is 2.31. The Morgan fingerprint density at radius 1 is 1.08 bits per heavy atom. The van der Waals surface area contributed by atoms with Gasteiger partial charge in [0.2, 0.25) is 0 Å². The van der Waals surface area contributed by atoms with E-state index >= 15 is 0 Å². The molecule has 0 saturated carbocycles. The molecule has 1 aromatic carbocycles. The zero-order valence-electron chi connectivity index (χ0n) is 20.3. The molecule has 192 valence electrons. The molecule has 4 heterocycles. The summed E-state index contributed by atoms with van der Waals surface area (Å²) in [6, 6.07) is 8.82. The highest BCUT2D eigenvalue weighted by atomic mass is 19.4. The molecule has 8 nitrogen and oxygen atoms in total. The molecule has 3 aromatic heterocycles. The van der Waals surface area contributed by atoms with Crippen LogP contribution in [0.2, 0.25) is 0 Å². The summed E-state index contributed by atoms with van der Waals surface area (Å²) in [4.78, 5) is 30.0. The summed E-state index contributed by atoms with van der Waals surface area (Å²) in [5, 5.41) is 0. The summed E-state index contributed by atoms with van der Waals surface area (Å²) in [6.45, 7) is 1.55. The lowest BCUT2D eigenvalue weighted by molar-refractivity contribution is -0.137. The SMILES string of the molecule is COC[C@@H]1CCCN1c1ccc(N(C)C(=O)c2cn3c(-c4ccc(C(F)(F)F)cc4)cnc3cn2)cn1. The average molecular weight is 511 g/mol. The Bertz CT molecular complexity index is 1400. The molecule has 0 bridgehead atoms. The number of methoxy groups -OCH3 is 1. The average Bonchev–Trinajstić information content (AvgIpc) is 3.54. The number of pyridine rings is 1. The molecule has 1 amide bonds. The van der Waals surface area contributed by atoms with Gasteiger partial charge in [-0.25, -0.2) is 15.0 Å². The predicted octanol–water partition coefficient (Wildman–Crippen LogP) is 4.70. The number of carbonyl (C=O) groups excluding carboxylic acids is 1. The second-order valence-electron chi connectivity index (χ2n) is 8.90. The third kappa shape index (κ3) is 4.86. The molecular weight excluding hydrogens is 485 g/mol. The van der Waals surface area contributed by atoms with Gasteiger partial charge in [-0.3, -0.25) is 9.20 Å². The van der Waals surface area contributed by atoms with Crippen molar-refractivity contribution in [1.82, 2.24) is 19.4 Å². The highest BCUT2D eigenvalue weighted by Gasteiger charge is 2.30. The van der Waals surface area contributed by atoms with Crippen molar-refractivity contribution in [3.05, 3.63) is 72.4 Å². The quantitative estimate of drug-likeness (QED) is 0.374. The minimum absolute atomic E-state index is 0.157. The first-order valence-corrected chi connectivity index (χ1v) is 11.8. The summed E-state index contributed by atoms with van der Waals surface area (Å²) in [6.07, 6.45) is 3.89. The number of imidazole rings is 1. The number of rotatable bonds is 6. The number of alkyl halides is 3. The second-order valence-corrected chi connectivity index (χ2v) is 8.90. The lowest BCUT2D eigenvalue weighted by Crippen LogP contribution is -2.33. The molecule has 1 saturated heterocycles. The van der Waals surface area contributed by atoms with Crippen LogP contribution in [0.15, 0.2) is 61.2 Å². The monoisotopic (exact) mass is 510 g/mol. The van der Waals surface area contributed by atoms with Crippen LogP contribution < -0.4 is 9.80 Å². The molecule has 1 aliphatic rings. The lowest BCUT2D eigenvalue weighted by Gasteiger charge is -2.25. The number of hydrogen-bond acceptors (Lipinski definition) is 6. The fourth-order valence-electron chi connectivity index (χ4n) is 4.58. The van der Waals surface area contributed by atoms with E-state index in [1.54, 1.807) is 24.8 Å². The second kappa shape index (κ2) is 9.81. The summed E-state index contributed by atoms with van der Waals surface area (Å²) >= 11 is 0. The van der Waals surface area contributed by atoms with Crippen LogP contribution in [-0.2, 0) is 10.9 Å². The number of hydrogen-bond donors (Lipinski definition) is 0. The van der Waals surface area contributed by atoms with E-state index in [2.05, 4.69) is 19.9 Å². The van der Waals surface area contributed by atoms with Crippen LogP contribution in [0.25, 0.3) is 16.9 Å². The van der Waals surface area contributed by atoms with E-state index in [0.717, 1.165) is 37.3 Å². The van der Waals surface area contributed by atoms with Crippen LogP contribution in [0, 0.1) is 0 Å². The van der Waals surface area contributed by atoms with Crippen LogP contribution in [-0.4, -0.2) is 58.6 Å². The Balaban J connectivity index is 1.37. The van der Waals surface area contributed by atoms with Gasteiger partial charge >= 0.3 is 6.18 Å². The molecular formula is C26H25F3N6O2. The number of fused-ring (bicyclic) bond motifs is 1. The number of carbonyl (C=O) groups is 1. The lowest BCUT2D eigenvalue weighted by atomic mass is 10.1. The fraction of sp³-hybridized carbons (Fsp3) is 0.308. The van der Waals surface area contributed by atoms with E-state index < -0.39 is 11.7 Å². The molecule has 1 aliphatic heterocycles. The number of ether oxygens (including phenoxy) is 1. The van der Waals surface area contributed by atoms with Crippen molar-refractivity contribution in [2.24, 2.45) is 0 Å². The Morgan fingerprint density at radius 3 is 2.54 bits per heavy atom. The maximum Gasteiger partial charge on any atom is 0.416 e. The maximum atomic E-state index is 13.2. The normalized spacial score (nSPS) is 15.9. The van der Waals surface area contributed by atoms with E-state index in [1.807, 2.05) is 12.1 Å². The first-order chi connectivity index (χ1) is 17.8. The molecule has 37 heavy (non-hydrogen) atoms. The van der Waals surface area contributed by atoms with Crippen molar-refractivity contribution >= 4 is 23.1 Å². The van der Waals surface area contributed by atoms with Crippen molar-refractivity contribution in [3.8, 4) is 11.3 Å². The van der Waals surface area contributed by atoms with E-state index in [4.69, 9.17) is 4.74 Å². The van der Waals surface area contributed by atoms with Gasteiger partial charge in [-0.1, -0.05) is 12.1 Å². The molecule has 4 aromatic rings. The Labute approximate surface area is 211 Å². The van der Waals surface area contributed by atoms with Gasteiger partial charge < -0.3 is 14.5 Å². The highest BCUT2D eigenvalue weighted by molar-refractivity contribution is 6.04. The van der Waals surface area contributed by atoms with Gasteiger partial charge in [0.25, 0.3) is 5.91 Å². The first-order valence-electron chi connectivity index (χ1n) is 11.8. The smallest absolute Gasteiger partial charge is 0.383 e. The Kier molecular flexibility index (Phi) is 6.55. The van der Waals surface area contributed by atoms with Gasteiger partial charge in [0.15, 0.2) is 5.65 Å². The van der Waals surface area contributed by atoms with Gasteiger partial charge in [-0.05, 0) is 37.1 Å². The Morgan fingerprint density at radius 2 is 1.86 bits per heavy atom. The molecule has 1 atom stereocenters. The zero-order valence-corrected chi connectivity index (χ0v) is 20.3. The first kappa shape index (κ1) is 24.7. The molecule has 1 fully saturated rings. The number of anilines is 2. The molecule has 0 unspecified atom stereocenters. The van der Waals surface area contributed by atoms with Crippen molar-refractivity contribution in [3.63, 3.8) is 0 Å². The zero-order chi connectivity index (χ0) is 26.2. The van der Waals surface area contributed by atoms with Crippen LogP contribution in [0.4, 0.5) is 24.7 Å². The third-order valence-corrected chi connectivity index (χ3v) is 6.58. The molecule has 0 N–H and O–H groups in total. The van der Waals surface area contributed by atoms with Gasteiger partial charge in [0, 0.05) is 32.5 Å². The van der Waals surface area contributed by atoms with Crippen LogP contribution in [0.3, 0.4) is 0 Å². The van der Waals surface area contributed by atoms with Crippen molar-refractivity contribution < 1.29 is 22.7 Å². The summed E-state index contributed by atoms with van der Waals surface area (Å²) < 4.78 is 45.8. The minimum atomic E-state index is -4.42. The summed E-state index contributed by atoms with van der Waals surface area (Å²) in [5.41, 5.74) is 1.58. The number of aromatic nitrogens is 4. The van der Waals surface area contributed by atoms with Crippen molar-refractivity contribution in [2.45, 2.75) is 25.1 Å². The topological polar surface area (TPSA) is 75.9 Å². The van der Waals surface area contributed by atoms with Gasteiger partial charge in [-0.15, -0.1) is 0 Å². The van der Waals surface area contributed by atoms with Crippen molar-refractivity contribution in [2.75, 3.05) is 37.1 Å². The summed E-state index contributed by atoms with van der Waals surface area (Å²) in [5.74, 6) is 0.477.